The van der Waals surface area contributed by atoms with Crippen molar-refractivity contribution in [3.8, 4) is 6.07 Å². The van der Waals surface area contributed by atoms with Crippen LogP contribution in [0.4, 0.5) is 0 Å². The Hall–Kier alpha value is -1.33. The van der Waals surface area contributed by atoms with Crippen molar-refractivity contribution in [3.63, 3.8) is 0 Å². The number of aryl methyl sites for hydroxylation is 1. The minimum Gasteiger partial charge on any atom is -0.379 e. The molecule has 0 saturated heterocycles. The highest BCUT2D eigenvalue weighted by atomic mass is 16.5. The van der Waals surface area contributed by atoms with Crippen molar-refractivity contribution in [1.29, 1.82) is 5.26 Å². The van der Waals surface area contributed by atoms with E-state index in [1.165, 1.54) is 11.1 Å². The third-order valence-electron chi connectivity index (χ3n) is 3.79. The lowest BCUT2D eigenvalue weighted by molar-refractivity contribution is 0.0581. The lowest BCUT2D eigenvalue weighted by Gasteiger charge is -2.32. The first kappa shape index (κ1) is 13.1. The van der Waals surface area contributed by atoms with Gasteiger partial charge in [0.05, 0.1) is 17.6 Å². The summed E-state index contributed by atoms with van der Waals surface area (Å²) in [6.45, 7) is 4.76. The summed E-state index contributed by atoms with van der Waals surface area (Å²) in [5.41, 5.74) is 2.53. The van der Waals surface area contributed by atoms with Gasteiger partial charge in [-0.3, -0.25) is 0 Å². The van der Waals surface area contributed by atoms with Gasteiger partial charge in [0.15, 0.2) is 0 Å². The van der Waals surface area contributed by atoms with E-state index in [0.717, 1.165) is 25.7 Å². The second-order valence-electron chi connectivity index (χ2n) is 5.51. The summed E-state index contributed by atoms with van der Waals surface area (Å²) in [4.78, 5) is 0. The third kappa shape index (κ3) is 2.91. The molecule has 0 bridgehead atoms. The largest absolute Gasteiger partial charge is 0.379 e. The average Bonchev–Trinajstić information content (AvgIpc) is 2.38. The van der Waals surface area contributed by atoms with Crippen LogP contribution in [0.25, 0.3) is 0 Å². The quantitative estimate of drug-likeness (QED) is 0.810. The van der Waals surface area contributed by atoms with Crippen LogP contribution in [0.2, 0.25) is 0 Å². The molecule has 0 N–H and O–H groups in total. The second kappa shape index (κ2) is 5.54. The van der Waals surface area contributed by atoms with E-state index < -0.39 is 0 Å². The average molecular weight is 243 g/mol. The summed E-state index contributed by atoms with van der Waals surface area (Å²) < 4.78 is 5.61. The van der Waals surface area contributed by atoms with Gasteiger partial charge in [-0.25, -0.2) is 0 Å². The standard InChI is InChI=1S/C16H21NO/c1-13(2)18-10-9-16(12-17)8-7-14-5-3-4-6-15(14)11-16/h3-6,13H,7-11H2,1-2H3. The summed E-state index contributed by atoms with van der Waals surface area (Å²) in [6, 6.07) is 11.0. The lowest BCUT2D eigenvalue weighted by atomic mass is 9.71. The lowest BCUT2D eigenvalue weighted by Crippen LogP contribution is -2.29. The first-order valence-electron chi connectivity index (χ1n) is 6.75. The van der Waals surface area contributed by atoms with Gasteiger partial charge in [0.25, 0.3) is 0 Å². The van der Waals surface area contributed by atoms with E-state index in [-0.39, 0.29) is 11.5 Å². The Bertz CT molecular complexity index is 447. The van der Waals surface area contributed by atoms with Crippen LogP contribution in [0, 0.1) is 16.7 Å². The summed E-state index contributed by atoms with van der Waals surface area (Å²) in [6.07, 6.45) is 3.95. The van der Waals surface area contributed by atoms with Gasteiger partial charge in [-0.15, -0.1) is 0 Å². The molecular formula is C16H21NO. The first-order chi connectivity index (χ1) is 8.65. The van der Waals surface area contributed by atoms with Crippen molar-refractivity contribution in [2.45, 2.75) is 45.6 Å². The molecule has 1 aliphatic carbocycles. The number of rotatable bonds is 4. The Labute approximate surface area is 110 Å². The Kier molecular flexibility index (Phi) is 4.04. The van der Waals surface area contributed by atoms with E-state index in [9.17, 15) is 5.26 Å². The van der Waals surface area contributed by atoms with Crippen LogP contribution in [0.5, 0.6) is 0 Å². The molecule has 0 fully saturated rings. The molecule has 0 aromatic heterocycles. The molecule has 1 aromatic rings. The maximum Gasteiger partial charge on any atom is 0.0694 e. The van der Waals surface area contributed by atoms with Crippen LogP contribution in [-0.4, -0.2) is 12.7 Å². The Balaban J connectivity index is 2.05. The van der Waals surface area contributed by atoms with Crippen LogP contribution in [0.15, 0.2) is 24.3 Å². The van der Waals surface area contributed by atoms with Gasteiger partial charge in [-0.2, -0.15) is 5.26 Å². The minimum absolute atomic E-state index is 0.219. The molecule has 1 aliphatic rings. The highest BCUT2D eigenvalue weighted by Gasteiger charge is 2.34. The van der Waals surface area contributed by atoms with Crippen LogP contribution >= 0.6 is 0 Å². The molecular weight excluding hydrogens is 222 g/mol. The van der Waals surface area contributed by atoms with Crippen molar-refractivity contribution in [3.05, 3.63) is 35.4 Å². The molecule has 96 valence electrons. The maximum atomic E-state index is 9.53. The number of nitriles is 1. The normalized spacial score (nSPS) is 22.6. The summed E-state index contributed by atoms with van der Waals surface area (Å²) >= 11 is 0. The predicted molar refractivity (Wildman–Crippen MR) is 72.2 cm³/mol. The van der Waals surface area contributed by atoms with Gasteiger partial charge >= 0.3 is 0 Å². The van der Waals surface area contributed by atoms with Gasteiger partial charge in [0, 0.05) is 6.61 Å². The zero-order valence-electron chi connectivity index (χ0n) is 11.3. The van der Waals surface area contributed by atoms with Crippen LogP contribution in [0.1, 0.15) is 37.8 Å². The summed E-state index contributed by atoms with van der Waals surface area (Å²) in [5, 5.41) is 9.53. The van der Waals surface area contributed by atoms with Gasteiger partial charge in [0.2, 0.25) is 0 Å². The summed E-state index contributed by atoms with van der Waals surface area (Å²) in [7, 11) is 0. The topological polar surface area (TPSA) is 33.0 Å². The zero-order chi connectivity index (χ0) is 13.0. The second-order valence-corrected chi connectivity index (χ2v) is 5.51. The third-order valence-corrected chi connectivity index (χ3v) is 3.79. The molecule has 1 aromatic carbocycles. The van der Waals surface area contributed by atoms with Crippen LogP contribution < -0.4 is 0 Å². The summed E-state index contributed by atoms with van der Waals surface area (Å²) in [5.74, 6) is 0. The minimum atomic E-state index is -0.219. The Morgan fingerprint density at radius 3 is 2.72 bits per heavy atom. The highest BCUT2D eigenvalue weighted by Crippen LogP contribution is 2.37. The molecule has 1 unspecified atom stereocenters. The molecule has 0 radical (unpaired) electrons. The monoisotopic (exact) mass is 243 g/mol. The Morgan fingerprint density at radius 1 is 1.33 bits per heavy atom. The Morgan fingerprint density at radius 2 is 2.06 bits per heavy atom. The molecule has 2 rings (SSSR count). The number of fused-ring (bicyclic) bond motifs is 1. The molecule has 0 heterocycles. The van der Waals surface area contributed by atoms with E-state index >= 15 is 0 Å². The van der Waals surface area contributed by atoms with Crippen LogP contribution in [-0.2, 0) is 17.6 Å². The van der Waals surface area contributed by atoms with E-state index in [4.69, 9.17) is 4.74 Å². The molecule has 2 nitrogen and oxygen atoms in total. The fourth-order valence-electron chi connectivity index (χ4n) is 2.66. The van der Waals surface area contributed by atoms with Crippen molar-refractivity contribution in [2.75, 3.05) is 6.61 Å². The fraction of sp³-hybridized carbons (Fsp3) is 0.562. The van der Waals surface area contributed by atoms with E-state index in [1.54, 1.807) is 0 Å². The molecule has 2 heteroatoms. The molecule has 0 aliphatic heterocycles. The van der Waals surface area contributed by atoms with Gasteiger partial charge in [0.1, 0.15) is 0 Å². The van der Waals surface area contributed by atoms with Gasteiger partial charge in [-0.1, -0.05) is 24.3 Å². The number of hydrogen-bond acceptors (Lipinski definition) is 2. The SMILES string of the molecule is CC(C)OCCC1(C#N)CCc2ccccc2C1. The molecule has 0 amide bonds. The number of nitrogens with zero attached hydrogens (tertiary/aromatic N) is 1. The molecule has 0 spiro atoms. The van der Waals surface area contributed by atoms with Gasteiger partial charge < -0.3 is 4.74 Å². The van der Waals surface area contributed by atoms with E-state index in [1.807, 2.05) is 13.8 Å². The molecule has 18 heavy (non-hydrogen) atoms. The van der Waals surface area contributed by atoms with Crippen molar-refractivity contribution < 1.29 is 4.74 Å². The number of ether oxygens (including phenoxy) is 1. The van der Waals surface area contributed by atoms with E-state index in [2.05, 4.69) is 30.3 Å². The van der Waals surface area contributed by atoms with Crippen molar-refractivity contribution in [2.24, 2.45) is 5.41 Å². The predicted octanol–water partition coefficient (Wildman–Crippen LogP) is 3.50. The number of benzene rings is 1. The zero-order valence-corrected chi connectivity index (χ0v) is 11.3. The maximum absolute atomic E-state index is 9.53. The molecule has 0 saturated carbocycles. The van der Waals surface area contributed by atoms with Crippen LogP contribution in [0.3, 0.4) is 0 Å². The fourth-order valence-corrected chi connectivity index (χ4v) is 2.66. The first-order valence-corrected chi connectivity index (χ1v) is 6.75. The molecule has 1 atom stereocenters. The smallest absolute Gasteiger partial charge is 0.0694 e. The van der Waals surface area contributed by atoms with Crippen molar-refractivity contribution in [1.82, 2.24) is 0 Å². The number of hydrogen-bond donors (Lipinski definition) is 0. The van der Waals surface area contributed by atoms with E-state index in [0.29, 0.717) is 6.61 Å². The van der Waals surface area contributed by atoms with Gasteiger partial charge in [-0.05, 0) is 50.7 Å². The highest BCUT2D eigenvalue weighted by molar-refractivity contribution is 5.32. The van der Waals surface area contributed by atoms with Crippen molar-refractivity contribution >= 4 is 0 Å².